The normalized spacial score (nSPS) is 17.7. The zero-order valence-electron chi connectivity index (χ0n) is 29.2. The predicted octanol–water partition coefficient (Wildman–Crippen LogP) is 7.90. The highest BCUT2D eigenvalue weighted by atomic mass is 32.2. The number of hydrogen-bond acceptors (Lipinski definition) is 10. The zero-order chi connectivity index (χ0) is 37.1. The van der Waals surface area contributed by atoms with Crippen LogP contribution < -0.4 is 9.46 Å². The number of furan rings is 2. The Kier molecular flexibility index (Phi) is 9.93. The van der Waals surface area contributed by atoms with Crippen molar-refractivity contribution in [3.05, 3.63) is 138 Å². The second-order valence-corrected chi connectivity index (χ2v) is 15.5. The minimum Gasteiger partial charge on any atom is -0.497 e. The van der Waals surface area contributed by atoms with Crippen LogP contribution in [0.15, 0.2) is 145 Å². The number of rotatable bonds is 12. The fraction of sp³-hybridized carbons (Fsp3) is 0.200. The molecule has 274 valence electrons. The van der Waals surface area contributed by atoms with Gasteiger partial charge < -0.3 is 13.6 Å². The molecule has 0 radical (unpaired) electrons. The molecule has 12 nitrogen and oxygen atoms in total. The first-order valence-corrected chi connectivity index (χ1v) is 19.9. The van der Waals surface area contributed by atoms with E-state index in [1.165, 1.54) is 17.8 Å². The number of methoxy groups -OCH3 is 1. The Morgan fingerprint density at radius 1 is 0.963 bits per heavy atom. The third-order valence-electron chi connectivity index (χ3n) is 9.42. The number of amides is 1. The van der Waals surface area contributed by atoms with Gasteiger partial charge in [-0.25, -0.2) is 13.4 Å². The van der Waals surface area contributed by atoms with Crippen molar-refractivity contribution in [2.24, 2.45) is 11.0 Å². The average molecular weight is 761 g/mol. The van der Waals surface area contributed by atoms with E-state index in [1.807, 2.05) is 65.2 Å². The van der Waals surface area contributed by atoms with Crippen LogP contribution in [-0.4, -0.2) is 52.7 Å². The third kappa shape index (κ3) is 7.34. The van der Waals surface area contributed by atoms with E-state index in [2.05, 4.69) is 14.9 Å². The van der Waals surface area contributed by atoms with Crippen LogP contribution in [0.25, 0.3) is 17.5 Å². The van der Waals surface area contributed by atoms with Crippen LogP contribution in [0.4, 0.5) is 5.69 Å². The average Bonchev–Trinajstić information content (AvgIpc) is 4.03. The summed E-state index contributed by atoms with van der Waals surface area (Å²) in [6, 6.07) is 30.1. The van der Waals surface area contributed by atoms with Gasteiger partial charge in [0, 0.05) is 17.2 Å². The summed E-state index contributed by atoms with van der Waals surface area (Å²) in [5, 5.41) is 16.0. The number of carbonyl (C=O) groups is 1. The van der Waals surface area contributed by atoms with Crippen LogP contribution in [0, 0.1) is 5.92 Å². The molecule has 1 N–H and O–H groups in total. The number of benzene rings is 3. The molecule has 1 amide bonds. The minimum absolute atomic E-state index is 0.0174. The summed E-state index contributed by atoms with van der Waals surface area (Å²) >= 11 is 1.26. The molecule has 2 unspecified atom stereocenters. The highest BCUT2D eigenvalue weighted by molar-refractivity contribution is 7.99. The van der Waals surface area contributed by atoms with Crippen LogP contribution >= 0.6 is 11.8 Å². The quantitative estimate of drug-likeness (QED) is 0.123. The predicted molar refractivity (Wildman–Crippen MR) is 205 cm³/mol. The van der Waals surface area contributed by atoms with Gasteiger partial charge in [0.05, 0.1) is 42.5 Å². The number of aromatic nitrogens is 3. The van der Waals surface area contributed by atoms with E-state index >= 15 is 0 Å². The van der Waals surface area contributed by atoms with Crippen molar-refractivity contribution >= 4 is 45.2 Å². The first-order valence-electron chi connectivity index (χ1n) is 17.4. The molecule has 0 spiro atoms. The topological polar surface area (TPSA) is 145 Å². The molecule has 3 aromatic heterocycles. The summed E-state index contributed by atoms with van der Waals surface area (Å²) < 4.78 is 48.1. The number of carbonyl (C=O) groups excluding carboxylic acids is 1. The molecule has 1 aliphatic heterocycles. The molecule has 6 aromatic rings. The molecule has 2 aliphatic rings. The van der Waals surface area contributed by atoms with Gasteiger partial charge >= 0.3 is 0 Å². The number of hydrazone groups is 1. The summed E-state index contributed by atoms with van der Waals surface area (Å²) in [5.41, 5.74) is 3.87. The third-order valence-corrected chi connectivity index (χ3v) is 11.8. The van der Waals surface area contributed by atoms with Gasteiger partial charge in [-0.15, -0.1) is 10.2 Å². The lowest BCUT2D eigenvalue weighted by Crippen LogP contribution is -2.32. The fourth-order valence-corrected chi connectivity index (χ4v) is 8.77. The van der Waals surface area contributed by atoms with Crippen LogP contribution in [0.3, 0.4) is 0 Å². The van der Waals surface area contributed by atoms with E-state index in [1.54, 1.807) is 67.1 Å². The molecule has 1 fully saturated rings. The number of allylic oxidation sites excluding steroid dienone is 1. The van der Waals surface area contributed by atoms with Gasteiger partial charge in [-0.2, -0.15) is 5.10 Å². The molecule has 14 heteroatoms. The van der Waals surface area contributed by atoms with E-state index in [0.717, 1.165) is 41.9 Å². The summed E-state index contributed by atoms with van der Waals surface area (Å²) in [6.07, 6.45) is 7.93. The zero-order valence-corrected chi connectivity index (χ0v) is 30.9. The van der Waals surface area contributed by atoms with Gasteiger partial charge in [-0.3, -0.25) is 14.1 Å². The lowest BCUT2D eigenvalue weighted by Gasteiger charge is -2.27. The number of thioether (sulfide) groups is 1. The van der Waals surface area contributed by atoms with Crippen LogP contribution in [0.1, 0.15) is 42.4 Å². The standard InChI is InChI=1S/C40H36N6O6S2/c1-50-31-19-17-30(18-20-31)44-54(48,49)33-14-5-12-29(24-33)39-41-42-40(45(39)25-27-9-3-2-4-10-27)53-26-36(47)46-38(35-16-8-22-52-35)34-15-6-11-28(37(34)43-46)23-32-13-7-21-51-32/h2-5,7-10,12-14,16-24,34,38,44H,6,11,15,25-26H2,1H3/b28-23-. The molecule has 54 heavy (non-hydrogen) atoms. The Bertz CT molecular complexity index is 2410. The maximum absolute atomic E-state index is 14.2. The van der Waals surface area contributed by atoms with Gasteiger partial charge in [-0.1, -0.05) is 54.2 Å². The number of anilines is 1. The Morgan fingerprint density at radius 3 is 2.54 bits per heavy atom. The van der Waals surface area contributed by atoms with Gasteiger partial charge in [0.25, 0.3) is 15.9 Å². The molecule has 1 aliphatic carbocycles. The van der Waals surface area contributed by atoms with E-state index in [0.29, 0.717) is 40.3 Å². The van der Waals surface area contributed by atoms with Crippen molar-refractivity contribution in [2.45, 2.75) is 41.9 Å². The lowest BCUT2D eigenvalue weighted by atomic mass is 9.79. The number of fused-ring (bicyclic) bond motifs is 1. The molecule has 0 bridgehead atoms. The SMILES string of the molecule is COc1ccc(NS(=O)(=O)c2cccc(-c3nnc(SCC(=O)N4N=C5/C(=C\c6ccco6)CCCC5C4c4ccco4)n3Cc3ccccc3)c2)cc1. The monoisotopic (exact) mass is 760 g/mol. The maximum Gasteiger partial charge on any atom is 0.261 e. The Morgan fingerprint density at radius 2 is 1.78 bits per heavy atom. The Balaban J connectivity index is 1.08. The molecule has 0 saturated heterocycles. The molecule has 4 heterocycles. The number of nitrogens with zero attached hydrogens (tertiary/aromatic N) is 5. The Labute approximate surface area is 316 Å². The number of nitrogens with one attached hydrogen (secondary N) is 1. The molecule has 3 aromatic carbocycles. The summed E-state index contributed by atoms with van der Waals surface area (Å²) in [5.74, 6) is 2.32. The van der Waals surface area contributed by atoms with Crippen molar-refractivity contribution < 1.29 is 26.8 Å². The summed E-state index contributed by atoms with van der Waals surface area (Å²) in [4.78, 5) is 14.2. The summed E-state index contributed by atoms with van der Waals surface area (Å²) in [7, 11) is -2.40. The van der Waals surface area contributed by atoms with E-state index in [-0.39, 0.29) is 28.5 Å². The first kappa shape index (κ1) is 35.2. The smallest absolute Gasteiger partial charge is 0.261 e. The molecular formula is C40H36N6O6S2. The maximum atomic E-state index is 14.2. The number of ether oxygens (including phenoxy) is 1. The van der Waals surface area contributed by atoms with Crippen molar-refractivity contribution in [1.82, 2.24) is 19.8 Å². The number of sulfonamides is 1. The van der Waals surface area contributed by atoms with Crippen LogP contribution in [0.2, 0.25) is 0 Å². The lowest BCUT2D eigenvalue weighted by molar-refractivity contribution is -0.131. The van der Waals surface area contributed by atoms with Gasteiger partial charge in [0.1, 0.15) is 23.3 Å². The highest BCUT2D eigenvalue weighted by Crippen LogP contribution is 2.45. The first-order chi connectivity index (χ1) is 26.4. The van der Waals surface area contributed by atoms with Crippen LogP contribution in [0.5, 0.6) is 5.75 Å². The molecule has 8 rings (SSSR count). The van der Waals surface area contributed by atoms with Crippen LogP contribution in [-0.2, 0) is 21.4 Å². The van der Waals surface area contributed by atoms with Gasteiger partial charge in [0.15, 0.2) is 11.0 Å². The largest absolute Gasteiger partial charge is 0.497 e. The second kappa shape index (κ2) is 15.2. The number of hydrogen-bond donors (Lipinski definition) is 1. The Hall–Kier alpha value is -5.86. The molecule has 2 atom stereocenters. The fourth-order valence-electron chi connectivity index (χ4n) is 6.88. The van der Waals surface area contributed by atoms with Gasteiger partial charge in [0.2, 0.25) is 0 Å². The highest BCUT2D eigenvalue weighted by Gasteiger charge is 2.45. The molecular weight excluding hydrogens is 725 g/mol. The van der Waals surface area contributed by atoms with Crippen molar-refractivity contribution in [2.75, 3.05) is 17.6 Å². The van der Waals surface area contributed by atoms with Crippen molar-refractivity contribution in [3.8, 4) is 17.1 Å². The van der Waals surface area contributed by atoms with Crippen molar-refractivity contribution in [1.29, 1.82) is 0 Å². The van der Waals surface area contributed by atoms with Gasteiger partial charge in [-0.05, 0) is 97.1 Å². The van der Waals surface area contributed by atoms with E-state index < -0.39 is 10.0 Å². The second-order valence-electron chi connectivity index (χ2n) is 12.9. The minimum atomic E-state index is -3.94. The summed E-state index contributed by atoms with van der Waals surface area (Å²) in [6.45, 7) is 0.394. The molecule has 1 saturated carbocycles. The van der Waals surface area contributed by atoms with E-state index in [4.69, 9.17) is 18.7 Å². The van der Waals surface area contributed by atoms with E-state index in [9.17, 15) is 13.2 Å². The van der Waals surface area contributed by atoms with Crippen molar-refractivity contribution in [3.63, 3.8) is 0 Å².